The van der Waals surface area contributed by atoms with Crippen LogP contribution in [-0.4, -0.2) is 40.3 Å². The van der Waals surface area contributed by atoms with Crippen molar-refractivity contribution in [1.82, 2.24) is 20.3 Å². The molecule has 1 aliphatic heterocycles. The molecular formula is C30H32F3N5O. The molecular weight excluding hydrogens is 503 g/mol. The first-order chi connectivity index (χ1) is 18.8. The Labute approximate surface area is 226 Å². The minimum Gasteiger partial charge on any atom is -0.437 e. The van der Waals surface area contributed by atoms with Crippen molar-refractivity contribution in [2.45, 2.75) is 51.7 Å². The molecule has 0 unspecified atom stereocenters. The second kappa shape index (κ2) is 11.6. The van der Waals surface area contributed by atoms with Crippen molar-refractivity contribution in [2.75, 3.05) is 18.4 Å². The molecule has 39 heavy (non-hydrogen) atoms. The zero-order valence-electron chi connectivity index (χ0n) is 22.1. The summed E-state index contributed by atoms with van der Waals surface area (Å²) in [6.07, 6.45) is 1.69. The number of pyridine rings is 1. The minimum absolute atomic E-state index is 0.0259. The van der Waals surface area contributed by atoms with Gasteiger partial charge in [-0.1, -0.05) is 37.3 Å². The van der Waals surface area contributed by atoms with Crippen molar-refractivity contribution in [3.05, 3.63) is 72.1 Å². The van der Waals surface area contributed by atoms with E-state index >= 15 is 0 Å². The fourth-order valence-electron chi connectivity index (χ4n) is 4.89. The lowest BCUT2D eigenvalue weighted by molar-refractivity contribution is -0.170. The molecule has 0 aliphatic carbocycles. The summed E-state index contributed by atoms with van der Waals surface area (Å²) in [5.41, 5.74) is 3.16. The highest BCUT2D eigenvalue weighted by Gasteiger charge is 2.35. The third kappa shape index (κ3) is 6.30. The van der Waals surface area contributed by atoms with E-state index in [0.717, 1.165) is 53.4 Å². The molecule has 1 saturated heterocycles. The largest absolute Gasteiger partial charge is 0.437 e. The lowest BCUT2D eigenvalue weighted by Crippen LogP contribution is -2.38. The van der Waals surface area contributed by atoms with Crippen LogP contribution in [-0.2, 0) is 6.42 Å². The number of aryl methyl sites for hydroxylation is 2. The first-order valence-corrected chi connectivity index (χ1v) is 13.3. The minimum atomic E-state index is -4.20. The third-order valence-corrected chi connectivity index (χ3v) is 7.24. The van der Waals surface area contributed by atoms with Crippen LogP contribution < -0.4 is 15.4 Å². The number of halogens is 3. The summed E-state index contributed by atoms with van der Waals surface area (Å²) in [6.45, 7) is 5.07. The number of anilines is 1. The lowest BCUT2D eigenvalue weighted by Gasteiger charge is -2.23. The predicted molar refractivity (Wildman–Crippen MR) is 147 cm³/mol. The fourth-order valence-corrected chi connectivity index (χ4v) is 4.89. The topological polar surface area (TPSA) is 72.0 Å². The van der Waals surface area contributed by atoms with Crippen LogP contribution in [0.15, 0.2) is 60.9 Å². The van der Waals surface area contributed by atoms with E-state index in [1.165, 1.54) is 6.92 Å². The quantitative estimate of drug-likeness (QED) is 0.251. The summed E-state index contributed by atoms with van der Waals surface area (Å²) in [5, 5.41) is 8.50. The van der Waals surface area contributed by atoms with Gasteiger partial charge in [-0.25, -0.2) is 15.0 Å². The van der Waals surface area contributed by atoms with E-state index in [1.54, 1.807) is 12.4 Å². The van der Waals surface area contributed by atoms with Crippen LogP contribution in [0, 0.1) is 12.8 Å². The molecule has 2 aromatic carbocycles. The van der Waals surface area contributed by atoms with Crippen molar-refractivity contribution >= 4 is 16.7 Å². The van der Waals surface area contributed by atoms with Gasteiger partial charge in [-0.05, 0) is 73.9 Å². The molecule has 2 atom stereocenters. The molecule has 5 rings (SSSR count). The number of alkyl halides is 3. The van der Waals surface area contributed by atoms with E-state index in [0.29, 0.717) is 29.7 Å². The van der Waals surface area contributed by atoms with Gasteiger partial charge in [0.05, 0.1) is 17.2 Å². The Morgan fingerprint density at radius 3 is 2.72 bits per heavy atom. The fraction of sp³-hybridized carbons (Fsp3) is 0.367. The Hall–Kier alpha value is -3.72. The molecule has 204 valence electrons. The Morgan fingerprint density at radius 2 is 1.92 bits per heavy atom. The average molecular weight is 536 g/mol. The Bertz CT molecular complexity index is 1440. The molecule has 2 N–H and O–H groups in total. The highest BCUT2D eigenvalue weighted by molar-refractivity contribution is 5.92. The molecule has 0 radical (unpaired) electrons. The van der Waals surface area contributed by atoms with Crippen molar-refractivity contribution in [1.29, 1.82) is 0 Å². The predicted octanol–water partition coefficient (Wildman–Crippen LogP) is 7.09. The average Bonchev–Trinajstić information content (AvgIpc) is 2.93. The molecule has 0 amide bonds. The second-order valence-corrected chi connectivity index (χ2v) is 10.1. The monoisotopic (exact) mass is 535 g/mol. The van der Waals surface area contributed by atoms with E-state index in [-0.39, 0.29) is 12.5 Å². The molecule has 0 saturated carbocycles. The van der Waals surface area contributed by atoms with Gasteiger partial charge in [0.25, 0.3) is 0 Å². The summed E-state index contributed by atoms with van der Waals surface area (Å²) >= 11 is 0. The zero-order valence-corrected chi connectivity index (χ0v) is 22.1. The van der Waals surface area contributed by atoms with Gasteiger partial charge in [-0.2, -0.15) is 13.2 Å². The number of benzene rings is 2. The zero-order chi connectivity index (χ0) is 27.4. The van der Waals surface area contributed by atoms with Crippen LogP contribution in [0.2, 0.25) is 0 Å². The lowest BCUT2D eigenvalue weighted by atomic mass is 9.95. The normalized spacial score (nSPS) is 16.7. The van der Waals surface area contributed by atoms with Crippen molar-refractivity contribution in [3.8, 4) is 22.9 Å². The highest BCUT2D eigenvalue weighted by atomic mass is 19.4. The molecule has 0 spiro atoms. The number of piperidine rings is 1. The number of ether oxygens (including phenoxy) is 1. The van der Waals surface area contributed by atoms with Gasteiger partial charge in [0, 0.05) is 30.4 Å². The van der Waals surface area contributed by atoms with Gasteiger partial charge >= 0.3 is 6.18 Å². The number of fused-ring (bicyclic) bond motifs is 1. The van der Waals surface area contributed by atoms with Crippen molar-refractivity contribution < 1.29 is 17.9 Å². The number of rotatable bonds is 8. The molecule has 4 aromatic rings. The van der Waals surface area contributed by atoms with Crippen molar-refractivity contribution in [2.24, 2.45) is 5.92 Å². The van der Waals surface area contributed by atoms with E-state index in [4.69, 9.17) is 9.72 Å². The summed E-state index contributed by atoms with van der Waals surface area (Å²) in [6, 6.07) is 15.4. The molecule has 0 bridgehead atoms. The van der Waals surface area contributed by atoms with Crippen LogP contribution >= 0.6 is 0 Å². The smallest absolute Gasteiger partial charge is 0.391 e. The van der Waals surface area contributed by atoms with Crippen LogP contribution in [0.3, 0.4) is 0 Å². The number of hydrogen-bond acceptors (Lipinski definition) is 6. The maximum absolute atomic E-state index is 13.1. The Morgan fingerprint density at radius 1 is 1.05 bits per heavy atom. The number of hydrogen-bond donors (Lipinski definition) is 2. The van der Waals surface area contributed by atoms with Gasteiger partial charge < -0.3 is 15.4 Å². The summed E-state index contributed by atoms with van der Waals surface area (Å²) in [7, 11) is 0. The van der Waals surface area contributed by atoms with Crippen molar-refractivity contribution in [3.63, 3.8) is 0 Å². The molecule has 1 fully saturated rings. The maximum Gasteiger partial charge on any atom is 0.391 e. The van der Waals surface area contributed by atoms with Gasteiger partial charge in [0.15, 0.2) is 0 Å². The van der Waals surface area contributed by atoms with E-state index in [2.05, 4.69) is 20.6 Å². The molecule has 6 nitrogen and oxygen atoms in total. The van der Waals surface area contributed by atoms with Crippen LogP contribution in [0.25, 0.3) is 22.0 Å². The second-order valence-electron chi connectivity index (χ2n) is 10.1. The standard InChI is InChI=1S/C30H32F3N5O/c1-19-10-13-23-21(12-11-20(2)30(31,32)33)6-3-8-24(23)27(19)39-28-25(9-5-16-35-28)26-14-17-36-29(38-26)37-22-7-4-15-34-18-22/h3,5-6,8-10,13-14,16-17,20,22,34H,4,7,11-12,15,18H2,1-2H3,(H,36,37,38)/t20-,22-/m0/s1. The van der Waals surface area contributed by atoms with E-state index < -0.39 is 12.1 Å². The Kier molecular flexibility index (Phi) is 7.97. The van der Waals surface area contributed by atoms with Gasteiger partial charge in [0.1, 0.15) is 5.75 Å². The summed E-state index contributed by atoms with van der Waals surface area (Å²) in [4.78, 5) is 13.7. The Balaban J connectivity index is 1.44. The van der Waals surface area contributed by atoms with Crippen LogP contribution in [0.4, 0.5) is 19.1 Å². The SMILES string of the molecule is Cc1ccc2c(CC[C@H](C)C(F)(F)F)cccc2c1Oc1ncccc1-c1ccnc(N[C@H]2CCCNC2)n1. The number of nitrogens with one attached hydrogen (secondary N) is 2. The van der Waals surface area contributed by atoms with Crippen LogP contribution in [0.1, 0.15) is 37.3 Å². The molecule has 3 heterocycles. The number of nitrogens with zero attached hydrogens (tertiary/aromatic N) is 3. The first kappa shape index (κ1) is 26.9. The van der Waals surface area contributed by atoms with Crippen LogP contribution in [0.5, 0.6) is 11.6 Å². The number of aromatic nitrogens is 3. The van der Waals surface area contributed by atoms with Gasteiger partial charge in [0.2, 0.25) is 11.8 Å². The molecule has 2 aromatic heterocycles. The highest BCUT2D eigenvalue weighted by Crippen LogP contribution is 2.38. The third-order valence-electron chi connectivity index (χ3n) is 7.24. The maximum atomic E-state index is 13.1. The molecule has 1 aliphatic rings. The molecule has 9 heteroatoms. The van der Waals surface area contributed by atoms with Gasteiger partial charge in [-0.3, -0.25) is 0 Å². The van der Waals surface area contributed by atoms with E-state index in [1.807, 2.05) is 55.5 Å². The summed E-state index contributed by atoms with van der Waals surface area (Å²) < 4.78 is 45.8. The first-order valence-electron chi connectivity index (χ1n) is 13.3. The van der Waals surface area contributed by atoms with E-state index in [9.17, 15) is 13.2 Å². The van der Waals surface area contributed by atoms with Gasteiger partial charge in [-0.15, -0.1) is 0 Å². The summed E-state index contributed by atoms with van der Waals surface area (Å²) in [5.74, 6) is 0.203.